The van der Waals surface area contributed by atoms with Crippen LogP contribution in [0.15, 0.2) is 6.07 Å². The molecular formula is C12H19N3O. The summed E-state index contributed by atoms with van der Waals surface area (Å²) in [6.45, 7) is 8.07. The Balaban J connectivity index is 2.07. The van der Waals surface area contributed by atoms with Gasteiger partial charge in [0.2, 0.25) is 5.88 Å². The van der Waals surface area contributed by atoms with Crippen LogP contribution in [0.4, 0.5) is 0 Å². The van der Waals surface area contributed by atoms with Gasteiger partial charge in [-0.3, -0.25) is 0 Å². The van der Waals surface area contributed by atoms with Gasteiger partial charge in [0.15, 0.2) is 0 Å². The Kier molecular flexibility index (Phi) is 3.39. The summed E-state index contributed by atoms with van der Waals surface area (Å²) in [6.07, 6.45) is 1.38. The molecule has 1 aromatic rings. The smallest absolute Gasteiger partial charge is 0.217 e. The molecule has 16 heavy (non-hydrogen) atoms. The monoisotopic (exact) mass is 221 g/mol. The number of aromatic nitrogens is 2. The molecule has 0 aliphatic carbocycles. The highest BCUT2D eigenvalue weighted by molar-refractivity contribution is 5.15. The first-order valence-corrected chi connectivity index (χ1v) is 5.85. The van der Waals surface area contributed by atoms with Crippen molar-refractivity contribution in [3.63, 3.8) is 0 Å². The van der Waals surface area contributed by atoms with Crippen LogP contribution in [-0.2, 0) is 0 Å². The van der Waals surface area contributed by atoms with Crippen LogP contribution in [0.3, 0.4) is 0 Å². The maximum Gasteiger partial charge on any atom is 0.217 e. The second-order valence-electron chi connectivity index (χ2n) is 4.52. The van der Waals surface area contributed by atoms with Gasteiger partial charge in [-0.25, -0.2) is 4.98 Å². The predicted octanol–water partition coefficient (Wildman–Crippen LogP) is 1.47. The predicted molar refractivity (Wildman–Crippen MR) is 62.6 cm³/mol. The van der Waals surface area contributed by atoms with E-state index in [9.17, 15) is 0 Å². The molecule has 4 nitrogen and oxygen atoms in total. The van der Waals surface area contributed by atoms with Gasteiger partial charge in [-0.15, -0.1) is 0 Å². The van der Waals surface area contributed by atoms with Crippen LogP contribution in [-0.4, -0.2) is 29.2 Å². The molecule has 2 atom stereocenters. The summed E-state index contributed by atoms with van der Waals surface area (Å²) in [7, 11) is 0. The Bertz CT molecular complexity index is 347. The fraction of sp³-hybridized carbons (Fsp3) is 0.667. The van der Waals surface area contributed by atoms with Crippen molar-refractivity contribution in [2.24, 2.45) is 5.92 Å². The summed E-state index contributed by atoms with van der Waals surface area (Å²) in [6, 6.07) is 1.90. The van der Waals surface area contributed by atoms with Crippen molar-refractivity contribution < 1.29 is 4.74 Å². The lowest BCUT2D eigenvalue weighted by Gasteiger charge is -2.29. The minimum atomic E-state index is 0.224. The van der Waals surface area contributed by atoms with E-state index in [-0.39, 0.29) is 6.10 Å². The van der Waals surface area contributed by atoms with E-state index >= 15 is 0 Å². The average molecular weight is 221 g/mol. The molecule has 0 amide bonds. The van der Waals surface area contributed by atoms with E-state index in [1.165, 1.54) is 0 Å². The number of nitrogens with zero attached hydrogens (tertiary/aromatic N) is 2. The molecule has 0 spiro atoms. The van der Waals surface area contributed by atoms with Crippen LogP contribution in [0.25, 0.3) is 0 Å². The number of rotatable bonds is 2. The Morgan fingerprint density at radius 3 is 2.88 bits per heavy atom. The van der Waals surface area contributed by atoms with Crippen LogP contribution >= 0.6 is 0 Å². The third kappa shape index (κ3) is 2.70. The second-order valence-corrected chi connectivity index (χ2v) is 4.52. The first-order chi connectivity index (χ1) is 7.65. The molecule has 0 aromatic carbocycles. The zero-order chi connectivity index (χ0) is 11.5. The van der Waals surface area contributed by atoms with Crippen molar-refractivity contribution in [2.45, 2.75) is 33.3 Å². The van der Waals surface area contributed by atoms with E-state index in [2.05, 4.69) is 22.2 Å². The lowest BCUT2D eigenvalue weighted by atomic mass is 9.97. The maximum absolute atomic E-state index is 5.92. The van der Waals surface area contributed by atoms with E-state index in [1.807, 2.05) is 19.9 Å². The average Bonchev–Trinajstić information content (AvgIpc) is 2.20. The Morgan fingerprint density at radius 1 is 1.38 bits per heavy atom. The first-order valence-electron chi connectivity index (χ1n) is 5.85. The molecule has 2 heterocycles. The molecular weight excluding hydrogens is 202 g/mol. The van der Waals surface area contributed by atoms with Gasteiger partial charge in [-0.1, -0.05) is 6.92 Å². The van der Waals surface area contributed by atoms with Gasteiger partial charge in [0.1, 0.15) is 11.9 Å². The lowest BCUT2D eigenvalue weighted by Crippen LogP contribution is -2.43. The summed E-state index contributed by atoms with van der Waals surface area (Å²) in [5.74, 6) is 2.05. The number of aryl methyl sites for hydroxylation is 2. The highest BCUT2D eigenvalue weighted by Crippen LogP contribution is 2.18. The minimum Gasteiger partial charge on any atom is -0.473 e. The van der Waals surface area contributed by atoms with Crippen molar-refractivity contribution in [2.75, 3.05) is 13.1 Å². The summed E-state index contributed by atoms with van der Waals surface area (Å²) in [4.78, 5) is 8.54. The van der Waals surface area contributed by atoms with Crippen molar-refractivity contribution in [1.82, 2.24) is 15.3 Å². The Hall–Kier alpha value is -1.16. The number of hydrogen-bond donors (Lipinski definition) is 1. The van der Waals surface area contributed by atoms with E-state index in [0.717, 1.165) is 31.0 Å². The molecule has 1 fully saturated rings. The fourth-order valence-electron chi connectivity index (χ4n) is 2.02. The van der Waals surface area contributed by atoms with Crippen LogP contribution in [0.5, 0.6) is 5.88 Å². The van der Waals surface area contributed by atoms with Gasteiger partial charge in [-0.05, 0) is 32.7 Å². The highest BCUT2D eigenvalue weighted by Gasteiger charge is 2.23. The van der Waals surface area contributed by atoms with E-state index in [4.69, 9.17) is 4.74 Å². The normalized spacial score (nSPS) is 25.4. The Morgan fingerprint density at radius 2 is 2.19 bits per heavy atom. The second kappa shape index (κ2) is 4.78. The molecule has 1 saturated heterocycles. The van der Waals surface area contributed by atoms with Crippen molar-refractivity contribution in [1.29, 1.82) is 0 Å². The fourth-order valence-corrected chi connectivity index (χ4v) is 2.02. The summed E-state index contributed by atoms with van der Waals surface area (Å²) < 4.78 is 5.92. The summed E-state index contributed by atoms with van der Waals surface area (Å²) >= 11 is 0. The standard InChI is InChI=1S/C12H19N3O/c1-8-4-5-13-7-11(8)16-12-6-9(2)14-10(3)15-12/h6,8,11,13H,4-5,7H2,1-3H3. The molecule has 2 rings (SSSR count). The van der Waals surface area contributed by atoms with Gasteiger partial charge in [0.05, 0.1) is 0 Å². The zero-order valence-corrected chi connectivity index (χ0v) is 10.2. The third-order valence-corrected chi connectivity index (χ3v) is 2.97. The van der Waals surface area contributed by atoms with E-state index in [0.29, 0.717) is 11.8 Å². The molecule has 1 aliphatic heterocycles. The minimum absolute atomic E-state index is 0.224. The van der Waals surface area contributed by atoms with Crippen molar-refractivity contribution in [3.8, 4) is 5.88 Å². The molecule has 1 aromatic heterocycles. The van der Waals surface area contributed by atoms with Crippen molar-refractivity contribution in [3.05, 3.63) is 17.6 Å². The van der Waals surface area contributed by atoms with Gasteiger partial charge in [0, 0.05) is 18.3 Å². The molecule has 1 aliphatic rings. The topological polar surface area (TPSA) is 47.0 Å². The number of ether oxygens (including phenoxy) is 1. The summed E-state index contributed by atoms with van der Waals surface area (Å²) in [5.41, 5.74) is 0.957. The molecule has 2 unspecified atom stereocenters. The SMILES string of the molecule is Cc1cc(OC2CNCCC2C)nc(C)n1. The molecule has 88 valence electrons. The number of nitrogens with one attached hydrogen (secondary N) is 1. The number of piperidine rings is 1. The van der Waals surface area contributed by atoms with E-state index in [1.54, 1.807) is 0 Å². The maximum atomic E-state index is 5.92. The van der Waals surface area contributed by atoms with Crippen LogP contribution in [0, 0.1) is 19.8 Å². The van der Waals surface area contributed by atoms with Gasteiger partial charge in [0.25, 0.3) is 0 Å². The van der Waals surface area contributed by atoms with Gasteiger partial charge < -0.3 is 10.1 Å². The van der Waals surface area contributed by atoms with Crippen LogP contribution in [0.2, 0.25) is 0 Å². The number of hydrogen-bond acceptors (Lipinski definition) is 4. The Labute approximate surface area is 96.4 Å². The highest BCUT2D eigenvalue weighted by atomic mass is 16.5. The zero-order valence-electron chi connectivity index (χ0n) is 10.2. The largest absolute Gasteiger partial charge is 0.473 e. The molecule has 0 bridgehead atoms. The quantitative estimate of drug-likeness (QED) is 0.821. The molecule has 4 heteroatoms. The van der Waals surface area contributed by atoms with Crippen LogP contribution in [0.1, 0.15) is 24.9 Å². The molecule has 0 saturated carbocycles. The first kappa shape index (κ1) is 11.3. The molecule has 1 N–H and O–H groups in total. The molecule has 0 radical (unpaired) electrons. The van der Waals surface area contributed by atoms with E-state index < -0.39 is 0 Å². The lowest BCUT2D eigenvalue weighted by molar-refractivity contribution is 0.109. The van der Waals surface area contributed by atoms with Crippen LogP contribution < -0.4 is 10.1 Å². The van der Waals surface area contributed by atoms with Gasteiger partial charge in [-0.2, -0.15) is 4.98 Å². The van der Waals surface area contributed by atoms with Gasteiger partial charge >= 0.3 is 0 Å². The third-order valence-electron chi connectivity index (χ3n) is 2.97. The summed E-state index contributed by atoms with van der Waals surface area (Å²) in [5, 5.41) is 3.35. The van der Waals surface area contributed by atoms with Crippen molar-refractivity contribution >= 4 is 0 Å².